The summed E-state index contributed by atoms with van der Waals surface area (Å²) in [4.78, 5) is 38.6. The lowest BCUT2D eigenvalue weighted by molar-refractivity contribution is -0.142. The van der Waals surface area contributed by atoms with Crippen molar-refractivity contribution in [2.24, 2.45) is 5.73 Å². The average Bonchev–Trinajstić information content (AvgIpc) is 3.43. The van der Waals surface area contributed by atoms with E-state index in [0.29, 0.717) is 53.0 Å². The molecule has 4 heterocycles. The Balaban J connectivity index is 1.41. The highest BCUT2D eigenvalue weighted by atomic mass is 35.5. The fourth-order valence-electron chi connectivity index (χ4n) is 3.92. The molecular weight excluding hydrogens is 483 g/mol. The van der Waals surface area contributed by atoms with Gasteiger partial charge in [0.15, 0.2) is 11.5 Å². The van der Waals surface area contributed by atoms with Gasteiger partial charge >= 0.3 is 0 Å². The zero-order valence-corrected chi connectivity index (χ0v) is 19.2. The predicted octanol–water partition coefficient (Wildman–Crippen LogP) is 1.60. The number of benzene rings is 1. The first-order valence-electron chi connectivity index (χ1n) is 10.5. The highest BCUT2D eigenvalue weighted by Crippen LogP contribution is 2.29. The van der Waals surface area contributed by atoms with Crippen LogP contribution in [0.4, 0.5) is 0 Å². The lowest BCUT2D eigenvalue weighted by atomic mass is 10.1. The van der Waals surface area contributed by atoms with Crippen molar-refractivity contribution in [2.75, 3.05) is 13.1 Å². The van der Waals surface area contributed by atoms with Crippen LogP contribution in [0.15, 0.2) is 30.7 Å². The van der Waals surface area contributed by atoms with Crippen LogP contribution in [0.3, 0.4) is 0 Å². The number of aliphatic hydroxyl groups excluding tert-OH is 1. The average molecular weight is 503 g/mol. The van der Waals surface area contributed by atoms with Gasteiger partial charge in [-0.15, -0.1) is 0 Å². The van der Waals surface area contributed by atoms with E-state index in [0.717, 1.165) is 5.39 Å². The third-order valence-electron chi connectivity index (χ3n) is 5.79. The topological polar surface area (TPSA) is 155 Å². The number of likely N-dealkylation sites (tertiary alicyclic amines) is 1. The molecule has 1 atom stereocenters. The van der Waals surface area contributed by atoms with Crippen LogP contribution in [0.25, 0.3) is 27.9 Å². The maximum atomic E-state index is 12.9. The molecule has 3 aromatic heterocycles. The van der Waals surface area contributed by atoms with E-state index in [9.17, 15) is 14.7 Å². The molecule has 0 radical (unpaired) electrons. The Kier molecular flexibility index (Phi) is 5.86. The van der Waals surface area contributed by atoms with E-state index < -0.39 is 18.0 Å². The number of carbonyl (C=O) groups excluding carboxylic acids is 2. The Labute approximate surface area is 202 Å². The van der Waals surface area contributed by atoms with Crippen molar-refractivity contribution in [1.82, 2.24) is 34.9 Å². The van der Waals surface area contributed by atoms with Crippen LogP contribution in [-0.4, -0.2) is 71.9 Å². The molecule has 5 rings (SSSR count). The molecule has 4 aromatic rings. The Hall–Kier alpha value is -3.25. The van der Waals surface area contributed by atoms with Gasteiger partial charge in [0.1, 0.15) is 5.52 Å². The number of halogens is 2. The standard InChI is InChI=1S/C21H20Cl2N8O3/c22-13-5-10-7-27-31(15(10)6-14(13)23)16-9-26-18-17(28-16)12(8-25-18)19(32)29-20(33)21(34)30-3-1-11(24)2-4-30/h5-9,11,20,33H,1-4,24H2,(H,25,26)(H,29,32)/t20-/m1/s1. The molecule has 0 aliphatic carbocycles. The minimum absolute atomic E-state index is 0.0368. The molecule has 1 aliphatic rings. The van der Waals surface area contributed by atoms with Crippen molar-refractivity contribution in [2.45, 2.75) is 25.1 Å². The number of aromatic amines is 1. The Bertz CT molecular complexity index is 1410. The van der Waals surface area contributed by atoms with Crippen LogP contribution in [-0.2, 0) is 4.79 Å². The van der Waals surface area contributed by atoms with Gasteiger partial charge in [-0.3, -0.25) is 9.59 Å². The molecule has 0 saturated carbocycles. The van der Waals surface area contributed by atoms with Crippen molar-refractivity contribution in [3.8, 4) is 5.82 Å². The molecule has 1 aliphatic heterocycles. The van der Waals surface area contributed by atoms with E-state index >= 15 is 0 Å². The summed E-state index contributed by atoms with van der Waals surface area (Å²) in [6, 6.07) is 3.39. The summed E-state index contributed by atoms with van der Waals surface area (Å²) in [6.07, 6.45) is 4.13. The van der Waals surface area contributed by atoms with E-state index in [1.165, 1.54) is 22.0 Å². The first-order chi connectivity index (χ1) is 16.3. The number of hydrogen-bond donors (Lipinski definition) is 4. The first kappa shape index (κ1) is 22.5. The summed E-state index contributed by atoms with van der Waals surface area (Å²) < 4.78 is 1.53. The van der Waals surface area contributed by atoms with E-state index in [-0.39, 0.29) is 17.1 Å². The smallest absolute Gasteiger partial charge is 0.272 e. The van der Waals surface area contributed by atoms with Crippen LogP contribution >= 0.6 is 23.2 Å². The van der Waals surface area contributed by atoms with E-state index in [4.69, 9.17) is 28.9 Å². The fraction of sp³-hybridized carbons (Fsp3) is 0.286. The molecule has 1 fully saturated rings. The fourth-order valence-corrected chi connectivity index (χ4v) is 4.25. The SMILES string of the molecule is NC1CCN(C(=O)[C@@H](O)NC(=O)c2c[nH]c3ncc(-n4ncc5cc(Cl)c(Cl)cc54)nc23)CC1. The highest BCUT2D eigenvalue weighted by Gasteiger charge is 2.28. The molecule has 5 N–H and O–H groups in total. The third kappa shape index (κ3) is 4.07. The van der Waals surface area contributed by atoms with Gasteiger partial charge in [0.2, 0.25) is 6.23 Å². The second kappa shape index (κ2) is 8.84. The number of H-pyrrole nitrogens is 1. The minimum atomic E-state index is -1.69. The van der Waals surface area contributed by atoms with Crippen molar-refractivity contribution in [3.63, 3.8) is 0 Å². The highest BCUT2D eigenvalue weighted by molar-refractivity contribution is 6.42. The van der Waals surface area contributed by atoms with E-state index in [2.05, 4.69) is 25.4 Å². The Morgan fingerprint density at radius 2 is 1.94 bits per heavy atom. The van der Waals surface area contributed by atoms with Gasteiger partial charge in [0.05, 0.1) is 33.5 Å². The minimum Gasteiger partial charge on any atom is -0.365 e. The number of nitrogens with zero attached hydrogens (tertiary/aromatic N) is 5. The maximum Gasteiger partial charge on any atom is 0.272 e. The zero-order chi connectivity index (χ0) is 24.0. The van der Waals surface area contributed by atoms with Crippen molar-refractivity contribution < 1.29 is 14.7 Å². The third-order valence-corrected chi connectivity index (χ3v) is 6.51. The van der Waals surface area contributed by atoms with Gasteiger partial charge in [-0.1, -0.05) is 23.2 Å². The summed E-state index contributed by atoms with van der Waals surface area (Å²) in [7, 11) is 0. The van der Waals surface area contributed by atoms with Crippen LogP contribution in [0, 0.1) is 0 Å². The van der Waals surface area contributed by atoms with E-state index in [1.54, 1.807) is 18.3 Å². The maximum absolute atomic E-state index is 12.9. The summed E-state index contributed by atoms with van der Waals surface area (Å²) in [6.45, 7) is 0.865. The molecule has 176 valence electrons. The van der Waals surface area contributed by atoms with Crippen LogP contribution in [0.2, 0.25) is 10.0 Å². The second-order valence-electron chi connectivity index (χ2n) is 8.05. The van der Waals surface area contributed by atoms with Gasteiger partial charge in [-0.05, 0) is 25.0 Å². The van der Waals surface area contributed by atoms with Crippen LogP contribution < -0.4 is 11.1 Å². The van der Waals surface area contributed by atoms with Gasteiger partial charge in [-0.25, -0.2) is 14.6 Å². The largest absolute Gasteiger partial charge is 0.365 e. The molecule has 1 aromatic carbocycles. The monoisotopic (exact) mass is 502 g/mol. The number of nitrogens with two attached hydrogens (primary N) is 1. The number of aliphatic hydroxyl groups is 1. The molecule has 34 heavy (non-hydrogen) atoms. The van der Waals surface area contributed by atoms with Gasteiger partial charge < -0.3 is 26.0 Å². The molecular formula is C21H20Cl2N8O3. The second-order valence-corrected chi connectivity index (χ2v) is 8.86. The number of aromatic nitrogens is 5. The van der Waals surface area contributed by atoms with Crippen molar-refractivity contribution in [1.29, 1.82) is 0 Å². The molecule has 0 unspecified atom stereocenters. The number of fused-ring (bicyclic) bond motifs is 2. The Morgan fingerprint density at radius 1 is 1.21 bits per heavy atom. The lowest BCUT2D eigenvalue weighted by Gasteiger charge is -2.31. The number of hydrogen-bond acceptors (Lipinski definition) is 7. The van der Waals surface area contributed by atoms with Gasteiger partial charge in [0, 0.05) is 30.7 Å². The Morgan fingerprint density at radius 3 is 2.71 bits per heavy atom. The molecule has 2 amide bonds. The molecule has 0 spiro atoms. The van der Waals surface area contributed by atoms with E-state index in [1.807, 2.05) is 0 Å². The molecule has 1 saturated heterocycles. The van der Waals surface area contributed by atoms with Gasteiger partial charge in [-0.2, -0.15) is 5.10 Å². The van der Waals surface area contributed by atoms with Crippen molar-refractivity contribution >= 4 is 57.1 Å². The van der Waals surface area contributed by atoms with Gasteiger partial charge in [0.25, 0.3) is 11.8 Å². The zero-order valence-electron chi connectivity index (χ0n) is 17.7. The molecule has 13 heteroatoms. The van der Waals surface area contributed by atoms with Crippen LogP contribution in [0.5, 0.6) is 0 Å². The number of rotatable bonds is 4. The number of piperidine rings is 1. The van der Waals surface area contributed by atoms with Crippen molar-refractivity contribution in [3.05, 3.63) is 46.3 Å². The first-order valence-corrected chi connectivity index (χ1v) is 11.3. The summed E-state index contributed by atoms with van der Waals surface area (Å²) in [5.41, 5.74) is 7.25. The predicted molar refractivity (Wildman–Crippen MR) is 126 cm³/mol. The lowest BCUT2D eigenvalue weighted by Crippen LogP contribution is -2.52. The number of amides is 2. The number of nitrogens with one attached hydrogen (secondary N) is 2. The quantitative estimate of drug-likeness (QED) is 0.309. The van der Waals surface area contributed by atoms with Crippen LogP contribution in [0.1, 0.15) is 23.2 Å². The normalized spacial score (nSPS) is 15.7. The molecule has 11 nitrogen and oxygen atoms in total. The number of carbonyl (C=O) groups is 2. The molecule has 0 bridgehead atoms. The summed E-state index contributed by atoms with van der Waals surface area (Å²) in [5, 5.41) is 18.5. The summed E-state index contributed by atoms with van der Waals surface area (Å²) in [5.74, 6) is -0.909. The summed E-state index contributed by atoms with van der Waals surface area (Å²) >= 11 is 12.2.